The summed E-state index contributed by atoms with van der Waals surface area (Å²) < 4.78 is 0.966. The average molecular weight is 342 g/mol. The maximum absolute atomic E-state index is 5.68. The highest BCUT2D eigenvalue weighted by Gasteiger charge is 2.21. The second-order valence-electron chi connectivity index (χ2n) is 5.20. The van der Waals surface area contributed by atoms with Crippen molar-refractivity contribution in [2.45, 2.75) is 18.9 Å². The Morgan fingerprint density at radius 1 is 1.53 bits per heavy atom. The van der Waals surface area contributed by atoms with Gasteiger partial charge in [0.15, 0.2) is 0 Å². The van der Waals surface area contributed by atoms with Crippen LogP contribution in [0.2, 0.25) is 0 Å². The Bertz CT molecular complexity index is 478. The van der Waals surface area contributed by atoms with Crippen molar-refractivity contribution in [3.05, 3.63) is 28.2 Å². The highest BCUT2D eigenvalue weighted by molar-refractivity contribution is 9.10. The van der Waals surface area contributed by atoms with Gasteiger partial charge in [0.25, 0.3) is 0 Å². The normalized spacial score (nSPS) is 20.3. The number of likely N-dealkylation sites (N-methyl/N-ethyl adjacent to an activating group) is 2. The molecule has 1 saturated heterocycles. The number of hydrogen-bond acceptors (Lipinski definition) is 3. The molecule has 2 N–H and O–H groups in total. The highest BCUT2D eigenvalue weighted by atomic mass is 79.9. The van der Waals surface area contributed by atoms with Gasteiger partial charge in [-0.2, -0.15) is 0 Å². The minimum Gasteiger partial charge on any atom is -0.389 e. The predicted octanol–water partition coefficient (Wildman–Crippen LogP) is 2.61. The van der Waals surface area contributed by atoms with E-state index in [0.717, 1.165) is 16.6 Å². The van der Waals surface area contributed by atoms with Crippen molar-refractivity contribution in [1.29, 1.82) is 0 Å². The lowest BCUT2D eigenvalue weighted by Gasteiger charge is -2.37. The first-order valence-electron chi connectivity index (χ1n) is 6.50. The molecule has 0 aliphatic carbocycles. The summed E-state index contributed by atoms with van der Waals surface area (Å²) in [6.45, 7) is 2.32. The van der Waals surface area contributed by atoms with E-state index in [2.05, 4.69) is 52.0 Å². The lowest BCUT2D eigenvalue weighted by Crippen LogP contribution is -2.45. The SMILES string of the molecule is CN1CCCC(N(C)c2ccc(C(N)=S)c(Br)c2)C1. The average Bonchev–Trinajstić information content (AvgIpc) is 2.37. The molecule has 1 aromatic carbocycles. The fourth-order valence-corrected chi connectivity index (χ4v) is 3.48. The molecule has 3 nitrogen and oxygen atoms in total. The molecule has 2 rings (SSSR count). The molecule has 1 aliphatic heterocycles. The van der Waals surface area contributed by atoms with Gasteiger partial charge in [-0.15, -0.1) is 0 Å². The van der Waals surface area contributed by atoms with Crippen LogP contribution in [-0.4, -0.2) is 43.1 Å². The molecule has 0 spiro atoms. The summed E-state index contributed by atoms with van der Waals surface area (Å²) in [5.74, 6) is 0. The number of anilines is 1. The molecule has 0 saturated carbocycles. The first-order chi connectivity index (χ1) is 8.99. The van der Waals surface area contributed by atoms with Crippen molar-refractivity contribution in [2.75, 3.05) is 32.1 Å². The lowest BCUT2D eigenvalue weighted by atomic mass is 10.0. The Morgan fingerprint density at radius 2 is 2.26 bits per heavy atom. The minimum atomic E-state index is 0.429. The van der Waals surface area contributed by atoms with E-state index in [1.807, 2.05) is 6.07 Å². The molecule has 5 heteroatoms. The van der Waals surface area contributed by atoms with Gasteiger partial charge in [0.1, 0.15) is 4.99 Å². The summed E-state index contributed by atoms with van der Waals surface area (Å²) in [7, 11) is 4.35. The monoisotopic (exact) mass is 341 g/mol. The van der Waals surface area contributed by atoms with Crippen LogP contribution in [-0.2, 0) is 0 Å². The highest BCUT2D eigenvalue weighted by Crippen LogP contribution is 2.26. The standard InChI is InChI=1S/C14H20BrN3S/c1-17-7-3-4-11(9-17)18(2)10-5-6-12(14(16)19)13(15)8-10/h5-6,8,11H,3-4,7,9H2,1-2H3,(H2,16,19). The molecule has 1 fully saturated rings. The van der Waals surface area contributed by atoms with E-state index in [-0.39, 0.29) is 0 Å². The van der Waals surface area contributed by atoms with Gasteiger partial charge in [0.2, 0.25) is 0 Å². The maximum atomic E-state index is 5.68. The molecule has 1 atom stereocenters. The first kappa shape index (κ1) is 14.8. The van der Waals surface area contributed by atoms with Crippen LogP contribution in [0.3, 0.4) is 0 Å². The third-order valence-electron chi connectivity index (χ3n) is 3.77. The maximum Gasteiger partial charge on any atom is 0.105 e. The Labute approximate surface area is 128 Å². The van der Waals surface area contributed by atoms with E-state index in [1.54, 1.807) is 0 Å². The number of rotatable bonds is 3. The Balaban J connectivity index is 2.17. The van der Waals surface area contributed by atoms with Crippen LogP contribution in [0.15, 0.2) is 22.7 Å². The van der Waals surface area contributed by atoms with E-state index in [4.69, 9.17) is 18.0 Å². The third kappa shape index (κ3) is 3.46. The second kappa shape index (κ2) is 6.20. The van der Waals surface area contributed by atoms with Crippen LogP contribution in [0.4, 0.5) is 5.69 Å². The molecule has 1 unspecified atom stereocenters. The molecule has 1 aromatic rings. The minimum absolute atomic E-state index is 0.429. The molecule has 0 amide bonds. The molecule has 104 valence electrons. The Hall–Kier alpha value is -0.650. The van der Waals surface area contributed by atoms with Crippen LogP contribution in [0.5, 0.6) is 0 Å². The van der Waals surface area contributed by atoms with Crippen LogP contribution in [0, 0.1) is 0 Å². The molecule has 0 bridgehead atoms. The van der Waals surface area contributed by atoms with E-state index >= 15 is 0 Å². The summed E-state index contributed by atoms with van der Waals surface area (Å²) in [5.41, 5.74) is 7.78. The zero-order valence-corrected chi connectivity index (χ0v) is 13.8. The largest absolute Gasteiger partial charge is 0.389 e. The van der Waals surface area contributed by atoms with Gasteiger partial charge < -0.3 is 15.5 Å². The van der Waals surface area contributed by atoms with Gasteiger partial charge in [0, 0.05) is 35.4 Å². The van der Waals surface area contributed by atoms with Gasteiger partial charge >= 0.3 is 0 Å². The summed E-state index contributed by atoms with van der Waals surface area (Å²) in [6, 6.07) is 6.75. The van der Waals surface area contributed by atoms with Crippen molar-refractivity contribution in [3.63, 3.8) is 0 Å². The quantitative estimate of drug-likeness (QED) is 0.856. The van der Waals surface area contributed by atoms with Crippen LogP contribution in [0.25, 0.3) is 0 Å². The van der Waals surface area contributed by atoms with Gasteiger partial charge in [0.05, 0.1) is 0 Å². The number of piperidine rings is 1. The molecular weight excluding hydrogens is 322 g/mol. The summed E-state index contributed by atoms with van der Waals surface area (Å²) in [4.78, 5) is 5.17. The number of halogens is 1. The Kier molecular flexibility index (Phi) is 4.81. The molecule has 1 heterocycles. The third-order valence-corrected chi connectivity index (χ3v) is 4.65. The first-order valence-corrected chi connectivity index (χ1v) is 7.70. The van der Waals surface area contributed by atoms with E-state index in [1.165, 1.54) is 25.1 Å². The number of hydrogen-bond donors (Lipinski definition) is 1. The summed E-state index contributed by atoms with van der Waals surface area (Å²) in [6.07, 6.45) is 2.51. The van der Waals surface area contributed by atoms with E-state index in [9.17, 15) is 0 Å². The molecule has 0 aromatic heterocycles. The van der Waals surface area contributed by atoms with Gasteiger partial charge in [-0.25, -0.2) is 0 Å². The van der Waals surface area contributed by atoms with Crippen LogP contribution in [0.1, 0.15) is 18.4 Å². The van der Waals surface area contributed by atoms with E-state index in [0.29, 0.717) is 11.0 Å². The molecule has 0 radical (unpaired) electrons. The topological polar surface area (TPSA) is 32.5 Å². The van der Waals surface area contributed by atoms with Crippen LogP contribution >= 0.6 is 28.1 Å². The lowest BCUT2D eigenvalue weighted by molar-refractivity contribution is 0.248. The van der Waals surface area contributed by atoms with Crippen molar-refractivity contribution in [1.82, 2.24) is 4.90 Å². The predicted molar refractivity (Wildman–Crippen MR) is 89.0 cm³/mol. The smallest absolute Gasteiger partial charge is 0.105 e. The fraction of sp³-hybridized carbons (Fsp3) is 0.500. The Morgan fingerprint density at radius 3 is 2.84 bits per heavy atom. The number of thiocarbonyl (C=S) groups is 1. The van der Waals surface area contributed by atoms with Crippen molar-refractivity contribution in [2.24, 2.45) is 5.73 Å². The summed E-state index contributed by atoms with van der Waals surface area (Å²) >= 11 is 8.57. The van der Waals surface area contributed by atoms with Gasteiger partial charge in [-0.05, 0) is 60.6 Å². The van der Waals surface area contributed by atoms with Crippen LogP contribution < -0.4 is 10.6 Å². The number of benzene rings is 1. The molecular formula is C14H20BrN3S. The molecule has 1 aliphatic rings. The van der Waals surface area contributed by atoms with Crippen molar-refractivity contribution < 1.29 is 0 Å². The zero-order valence-electron chi connectivity index (χ0n) is 11.4. The van der Waals surface area contributed by atoms with Gasteiger partial charge in [-0.3, -0.25) is 0 Å². The molecule has 19 heavy (non-hydrogen) atoms. The number of likely N-dealkylation sites (tertiary alicyclic amines) is 1. The van der Waals surface area contributed by atoms with Crippen molar-refractivity contribution >= 4 is 38.8 Å². The summed E-state index contributed by atoms with van der Waals surface area (Å²) in [5, 5.41) is 0. The zero-order chi connectivity index (χ0) is 14.0. The second-order valence-corrected chi connectivity index (χ2v) is 6.49. The fourth-order valence-electron chi connectivity index (χ4n) is 2.59. The van der Waals surface area contributed by atoms with Crippen molar-refractivity contribution in [3.8, 4) is 0 Å². The van der Waals surface area contributed by atoms with Gasteiger partial charge in [-0.1, -0.05) is 12.2 Å². The number of nitrogens with two attached hydrogens (primary N) is 1. The number of nitrogens with zero attached hydrogens (tertiary/aromatic N) is 2. The van der Waals surface area contributed by atoms with E-state index < -0.39 is 0 Å².